The van der Waals surface area contributed by atoms with Crippen LogP contribution in [-0.4, -0.2) is 79.3 Å². The Morgan fingerprint density at radius 2 is 1.77 bits per heavy atom. The molecule has 4 aromatic rings. The molecule has 0 amide bonds. The number of ether oxygens (including phenoxy) is 3. The van der Waals surface area contributed by atoms with Crippen molar-refractivity contribution in [1.29, 1.82) is 0 Å². The van der Waals surface area contributed by atoms with E-state index in [1.54, 1.807) is 26.6 Å². The number of nitrogens with zero attached hydrogens (tertiary/aromatic N) is 4. The van der Waals surface area contributed by atoms with Crippen molar-refractivity contribution in [3.05, 3.63) is 54.5 Å². The minimum atomic E-state index is -4.80. The fourth-order valence-electron chi connectivity index (χ4n) is 5.68. The summed E-state index contributed by atoms with van der Waals surface area (Å²) in [5.41, 5.74) is 1.87. The average molecular weight is 676 g/mol. The molecular formula is C31H37F3N7O5P. The second-order valence-corrected chi connectivity index (χ2v) is 14.7. The van der Waals surface area contributed by atoms with Crippen LogP contribution in [-0.2, 0) is 20.2 Å². The Hall–Kier alpha value is -4.33. The van der Waals surface area contributed by atoms with Gasteiger partial charge in [-0.25, -0.2) is 4.98 Å². The van der Waals surface area contributed by atoms with Crippen LogP contribution in [0.25, 0.3) is 11.1 Å². The topological polar surface area (TPSA) is 147 Å². The summed E-state index contributed by atoms with van der Waals surface area (Å²) < 4.78 is 71.9. The van der Waals surface area contributed by atoms with E-state index in [1.807, 2.05) is 12.1 Å². The maximum Gasteiger partial charge on any atom is 0.421 e. The van der Waals surface area contributed by atoms with Gasteiger partial charge in [0, 0.05) is 73.8 Å². The molecule has 0 radical (unpaired) electrons. The fraction of sp³-hybridized carbons (Fsp3) is 0.387. The monoisotopic (exact) mass is 675 g/mol. The van der Waals surface area contributed by atoms with Crippen LogP contribution < -0.4 is 25.6 Å². The summed E-state index contributed by atoms with van der Waals surface area (Å²) >= 11 is 0. The number of aromatic amines is 1. The number of hydrogen-bond acceptors (Lipinski definition) is 11. The van der Waals surface area contributed by atoms with Gasteiger partial charge in [-0.05, 0) is 50.4 Å². The molecule has 1 saturated heterocycles. The maximum atomic E-state index is 14.1. The second-order valence-electron chi connectivity index (χ2n) is 11.5. The highest BCUT2D eigenvalue weighted by Crippen LogP contribution is 2.43. The lowest BCUT2D eigenvalue weighted by molar-refractivity contribution is -0.141. The first kappa shape index (κ1) is 34.0. The molecule has 4 N–H and O–H groups in total. The van der Waals surface area contributed by atoms with Crippen molar-refractivity contribution >= 4 is 41.3 Å². The van der Waals surface area contributed by atoms with Crippen LogP contribution in [0.5, 0.6) is 11.5 Å². The second kappa shape index (κ2) is 13.8. The minimum Gasteiger partial charge on any atom is -0.508 e. The number of methoxy groups -OCH3 is 3. The molecule has 1 aliphatic heterocycles. The van der Waals surface area contributed by atoms with Gasteiger partial charge in [0.1, 0.15) is 30.0 Å². The third-order valence-corrected chi connectivity index (χ3v) is 9.54. The van der Waals surface area contributed by atoms with Gasteiger partial charge < -0.3 is 39.4 Å². The lowest BCUT2D eigenvalue weighted by Crippen LogP contribution is -2.39. The van der Waals surface area contributed by atoms with Crippen LogP contribution in [0, 0.1) is 5.92 Å². The van der Waals surface area contributed by atoms with Crippen molar-refractivity contribution in [3.8, 4) is 22.6 Å². The van der Waals surface area contributed by atoms with E-state index < -0.39 is 24.7 Å². The molecule has 2 aromatic carbocycles. The normalized spacial score (nSPS) is 14.4. The zero-order chi connectivity index (χ0) is 33.9. The Morgan fingerprint density at radius 1 is 1.04 bits per heavy atom. The molecule has 0 saturated carbocycles. The molecule has 0 unspecified atom stereocenters. The number of phenolic OH excluding ortho intramolecular Hbond substituents is 1. The quantitative estimate of drug-likeness (QED) is 0.0822. The predicted octanol–water partition coefficient (Wildman–Crippen LogP) is 6.17. The van der Waals surface area contributed by atoms with Gasteiger partial charge in [0.15, 0.2) is 6.29 Å². The third kappa shape index (κ3) is 7.64. The molecular weight excluding hydrogens is 638 g/mol. The van der Waals surface area contributed by atoms with Gasteiger partial charge in [-0.1, -0.05) is 0 Å². The number of nitrogens with one attached hydrogen (secondary N) is 3. The summed E-state index contributed by atoms with van der Waals surface area (Å²) in [5.74, 6) is -0.224. The molecule has 12 nitrogen and oxygen atoms in total. The van der Waals surface area contributed by atoms with Crippen molar-refractivity contribution in [2.24, 2.45) is 5.92 Å². The highest BCUT2D eigenvalue weighted by atomic mass is 31.2. The zero-order valence-corrected chi connectivity index (χ0v) is 27.4. The van der Waals surface area contributed by atoms with E-state index in [0.717, 1.165) is 42.7 Å². The SMILES string of the molecule is COc1cc(N2CCC(C(OC)OC)CC2)c(-c2cn[nH]c2)cc1Nc1ncc(C(F)(F)F)c(Nc2ccc(O)cc2P(C)(C)=O)n1. The summed E-state index contributed by atoms with van der Waals surface area (Å²) in [5, 5.41) is 22.8. The number of aromatic nitrogens is 4. The van der Waals surface area contributed by atoms with Gasteiger partial charge in [0.05, 0.1) is 24.7 Å². The molecule has 47 heavy (non-hydrogen) atoms. The number of alkyl halides is 3. The van der Waals surface area contributed by atoms with E-state index in [4.69, 9.17) is 14.2 Å². The Morgan fingerprint density at radius 3 is 2.36 bits per heavy atom. The number of piperidine rings is 1. The molecule has 2 aromatic heterocycles. The van der Waals surface area contributed by atoms with Crippen molar-refractivity contribution < 1.29 is 37.1 Å². The van der Waals surface area contributed by atoms with Gasteiger partial charge in [-0.15, -0.1) is 0 Å². The number of halogens is 3. The Balaban J connectivity index is 1.52. The zero-order valence-electron chi connectivity index (χ0n) is 26.6. The van der Waals surface area contributed by atoms with E-state index in [-0.39, 0.29) is 34.9 Å². The number of phenols is 1. The first-order valence-corrected chi connectivity index (χ1v) is 17.3. The number of benzene rings is 2. The predicted molar refractivity (Wildman–Crippen MR) is 174 cm³/mol. The fourth-order valence-corrected chi connectivity index (χ4v) is 6.84. The van der Waals surface area contributed by atoms with Crippen LogP contribution in [0.2, 0.25) is 0 Å². The van der Waals surface area contributed by atoms with Crippen molar-refractivity contribution in [2.45, 2.75) is 25.3 Å². The van der Waals surface area contributed by atoms with E-state index in [0.29, 0.717) is 17.6 Å². The van der Waals surface area contributed by atoms with Crippen LogP contribution >= 0.6 is 7.14 Å². The standard InChI is InChI=1S/C31H37F3N7O5P/c1-44-26-14-25(41-10-8-18(9-11-41)29(45-2)46-3)21(19-15-36-37-16-19)13-24(26)39-30-35-17-22(31(32,33)34)28(40-30)38-23-7-6-20(42)12-27(23)47(4,5)43/h6-7,12-18,29,42H,8-11H2,1-5H3,(H,36,37)(H2,35,38,39,40). The summed E-state index contributed by atoms with van der Waals surface area (Å²) in [6.07, 6.45) is 0.688. The number of H-pyrrole nitrogens is 1. The molecule has 0 atom stereocenters. The number of rotatable bonds is 11. The summed E-state index contributed by atoms with van der Waals surface area (Å²) in [6, 6.07) is 7.58. The smallest absolute Gasteiger partial charge is 0.421 e. The maximum absolute atomic E-state index is 14.1. The number of hydrogen-bond donors (Lipinski definition) is 4. The molecule has 0 bridgehead atoms. The summed E-state index contributed by atoms with van der Waals surface area (Å²) in [4.78, 5) is 10.4. The van der Waals surface area contributed by atoms with Crippen LogP contribution in [0.1, 0.15) is 18.4 Å². The molecule has 16 heteroatoms. The van der Waals surface area contributed by atoms with Gasteiger partial charge in [0.2, 0.25) is 5.95 Å². The molecule has 1 aliphatic rings. The largest absolute Gasteiger partial charge is 0.508 e. The van der Waals surface area contributed by atoms with E-state index in [1.165, 1.54) is 38.6 Å². The van der Waals surface area contributed by atoms with Gasteiger partial charge in [-0.2, -0.15) is 23.3 Å². The number of aromatic hydroxyl groups is 1. The van der Waals surface area contributed by atoms with Crippen LogP contribution in [0.3, 0.4) is 0 Å². The third-order valence-electron chi connectivity index (χ3n) is 8.01. The van der Waals surface area contributed by atoms with E-state index in [2.05, 4.69) is 35.7 Å². The Bertz CT molecular complexity index is 1740. The van der Waals surface area contributed by atoms with Crippen LogP contribution in [0.15, 0.2) is 48.9 Å². The Labute approximate surface area is 270 Å². The van der Waals surface area contributed by atoms with Crippen molar-refractivity contribution in [1.82, 2.24) is 20.2 Å². The summed E-state index contributed by atoms with van der Waals surface area (Å²) in [6.45, 7) is 4.37. The number of anilines is 5. The highest BCUT2D eigenvalue weighted by molar-refractivity contribution is 7.70. The molecule has 252 valence electrons. The minimum absolute atomic E-state index is 0.113. The highest BCUT2D eigenvalue weighted by Gasteiger charge is 2.36. The van der Waals surface area contributed by atoms with Gasteiger partial charge in [-0.3, -0.25) is 5.10 Å². The van der Waals surface area contributed by atoms with Gasteiger partial charge in [0.25, 0.3) is 0 Å². The van der Waals surface area contributed by atoms with E-state index in [9.17, 15) is 22.8 Å². The lowest BCUT2D eigenvalue weighted by Gasteiger charge is -2.37. The van der Waals surface area contributed by atoms with Crippen molar-refractivity contribution in [2.75, 3.05) is 63.3 Å². The lowest BCUT2D eigenvalue weighted by atomic mass is 9.94. The summed E-state index contributed by atoms with van der Waals surface area (Å²) in [7, 11) is 1.75. The molecule has 0 aliphatic carbocycles. The first-order valence-electron chi connectivity index (χ1n) is 14.7. The molecule has 3 heterocycles. The van der Waals surface area contributed by atoms with Crippen molar-refractivity contribution in [3.63, 3.8) is 0 Å². The Kier molecular flexibility index (Phi) is 9.99. The average Bonchev–Trinajstić information content (AvgIpc) is 3.57. The van der Waals surface area contributed by atoms with Gasteiger partial charge >= 0.3 is 6.18 Å². The van der Waals surface area contributed by atoms with E-state index >= 15 is 0 Å². The molecule has 1 fully saturated rings. The molecule has 5 rings (SSSR count). The first-order chi connectivity index (χ1) is 22.3. The molecule has 0 spiro atoms. The van der Waals surface area contributed by atoms with Crippen LogP contribution in [0.4, 0.5) is 42.0 Å².